The molecule has 74 valence electrons. The molecule has 0 aliphatic heterocycles. The number of benzene rings is 1. The average molecular weight is 194 g/mol. The zero-order chi connectivity index (χ0) is 10.6. The Morgan fingerprint density at radius 1 is 1.29 bits per heavy atom. The van der Waals surface area contributed by atoms with Gasteiger partial charge in [0.25, 0.3) is 0 Å². The fraction of sp³-hybridized carbons (Fsp3) is 0.111. The van der Waals surface area contributed by atoms with Gasteiger partial charge in [0, 0.05) is 5.69 Å². The van der Waals surface area contributed by atoms with Crippen molar-refractivity contribution in [2.75, 3.05) is 12.4 Å². The summed E-state index contributed by atoms with van der Waals surface area (Å²) in [6, 6.07) is 5.57. The molecule has 5 nitrogen and oxygen atoms in total. The topological polar surface area (TPSA) is 81.4 Å². The van der Waals surface area contributed by atoms with Gasteiger partial charge in [-0.1, -0.05) is 0 Å². The summed E-state index contributed by atoms with van der Waals surface area (Å²) < 4.78 is 4.51. The van der Waals surface area contributed by atoms with Gasteiger partial charge in [-0.05, 0) is 24.3 Å². The summed E-state index contributed by atoms with van der Waals surface area (Å²) >= 11 is 0. The van der Waals surface area contributed by atoms with Crippen molar-refractivity contribution < 1.29 is 14.3 Å². The van der Waals surface area contributed by atoms with Crippen LogP contribution in [0.3, 0.4) is 0 Å². The van der Waals surface area contributed by atoms with E-state index in [1.54, 1.807) is 12.1 Å². The highest BCUT2D eigenvalue weighted by Gasteiger charge is 2.04. The minimum absolute atomic E-state index is 0.419. The SMILES string of the molecule is COC(=O)c1ccc(NC(N)=O)cc1. The summed E-state index contributed by atoms with van der Waals surface area (Å²) in [5.74, 6) is -0.421. The number of carbonyl (C=O) groups is 2. The molecule has 14 heavy (non-hydrogen) atoms. The standard InChI is InChI=1S/C9H10N2O3/c1-14-8(12)6-2-4-7(5-3-6)11-9(10)13/h2-5H,1H3,(H3,10,11,13). The summed E-state index contributed by atoms with van der Waals surface area (Å²) in [6.45, 7) is 0. The molecule has 0 bridgehead atoms. The molecule has 0 atom stereocenters. The van der Waals surface area contributed by atoms with Crippen molar-refractivity contribution in [1.82, 2.24) is 0 Å². The van der Waals surface area contributed by atoms with Crippen LogP contribution in [0.15, 0.2) is 24.3 Å². The summed E-state index contributed by atoms with van der Waals surface area (Å²) in [5.41, 5.74) is 5.86. The minimum Gasteiger partial charge on any atom is -0.465 e. The lowest BCUT2D eigenvalue weighted by Gasteiger charge is -2.02. The minimum atomic E-state index is -0.643. The van der Waals surface area contributed by atoms with Crippen LogP contribution in [0.4, 0.5) is 10.5 Å². The number of ether oxygens (including phenoxy) is 1. The van der Waals surface area contributed by atoms with Crippen molar-refractivity contribution in [2.24, 2.45) is 5.73 Å². The van der Waals surface area contributed by atoms with E-state index >= 15 is 0 Å². The maximum atomic E-state index is 11.0. The lowest BCUT2D eigenvalue weighted by Crippen LogP contribution is -2.19. The van der Waals surface area contributed by atoms with E-state index in [4.69, 9.17) is 5.73 Å². The van der Waals surface area contributed by atoms with Crippen molar-refractivity contribution >= 4 is 17.7 Å². The molecule has 0 aromatic heterocycles. The Kier molecular flexibility index (Phi) is 3.06. The fourth-order valence-electron chi connectivity index (χ4n) is 0.950. The lowest BCUT2D eigenvalue weighted by molar-refractivity contribution is 0.0601. The quantitative estimate of drug-likeness (QED) is 0.688. The van der Waals surface area contributed by atoms with Crippen molar-refractivity contribution in [3.05, 3.63) is 29.8 Å². The lowest BCUT2D eigenvalue weighted by atomic mass is 10.2. The first kappa shape index (κ1) is 10.0. The first-order valence-electron chi connectivity index (χ1n) is 3.88. The molecule has 0 saturated heterocycles. The molecule has 5 heteroatoms. The molecule has 1 aromatic carbocycles. The number of carbonyl (C=O) groups excluding carboxylic acids is 2. The number of urea groups is 1. The van der Waals surface area contributed by atoms with Gasteiger partial charge in [0.2, 0.25) is 0 Å². The molecule has 0 fully saturated rings. The molecule has 0 radical (unpaired) electrons. The number of esters is 1. The molecule has 0 saturated carbocycles. The van der Waals surface area contributed by atoms with E-state index < -0.39 is 12.0 Å². The third-order valence-electron chi connectivity index (χ3n) is 1.57. The number of methoxy groups -OCH3 is 1. The monoisotopic (exact) mass is 194 g/mol. The number of anilines is 1. The van der Waals surface area contributed by atoms with Gasteiger partial charge >= 0.3 is 12.0 Å². The number of nitrogens with one attached hydrogen (secondary N) is 1. The van der Waals surface area contributed by atoms with Crippen molar-refractivity contribution in [2.45, 2.75) is 0 Å². The van der Waals surface area contributed by atoms with E-state index in [2.05, 4.69) is 10.1 Å². The van der Waals surface area contributed by atoms with Gasteiger partial charge in [-0.15, -0.1) is 0 Å². The van der Waals surface area contributed by atoms with Crippen LogP contribution in [-0.2, 0) is 4.74 Å². The van der Waals surface area contributed by atoms with Crippen LogP contribution in [0.1, 0.15) is 10.4 Å². The Bertz CT molecular complexity index is 346. The molecule has 0 unspecified atom stereocenters. The predicted octanol–water partition coefficient (Wildman–Crippen LogP) is 0.964. The fourth-order valence-corrected chi connectivity index (χ4v) is 0.950. The van der Waals surface area contributed by atoms with Gasteiger partial charge in [0.1, 0.15) is 0 Å². The van der Waals surface area contributed by atoms with Crippen LogP contribution >= 0.6 is 0 Å². The van der Waals surface area contributed by atoms with Crippen LogP contribution in [0, 0.1) is 0 Å². The average Bonchev–Trinajstić information content (AvgIpc) is 2.17. The van der Waals surface area contributed by atoms with Gasteiger partial charge in [-0.2, -0.15) is 0 Å². The Labute approximate surface area is 80.9 Å². The third-order valence-corrected chi connectivity index (χ3v) is 1.57. The number of rotatable bonds is 2. The second-order valence-corrected chi connectivity index (χ2v) is 2.56. The molecule has 0 aliphatic rings. The first-order chi connectivity index (χ1) is 6.63. The Morgan fingerprint density at radius 2 is 1.86 bits per heavy atom. The van der Waals surface area contributed by atoms with E-state index in [0.29, 0.717) is 11.3 Å². The van der Waals surface area contributed by atoms with Crippen LogP contribution < -0.4 is 11.1 Å². The smallest absolute Gasteiger partial charge is 0.337 e. The zero-order valence-electron chi connectivity index (χ0n) is 7.61. The highest BCUT2D eigenvalue weighted by Crippen LogP contribution is 2.09. The number of primary amides is 1. The predicted molar refractivity (Wildman–Crippen MR) is 51.0 cm³/mol. The molecule has 1 rings (SSSR count). The van der Waals surface area contributed by atoms with Gasteiger partial charge in [0.15, 0.2) is 0 Å². The highest BCUT2D eigenvalue weighted by atomic mass is 16.5. The second kappa shape index (κ2) is 4.27. The van der Waals surface area contributed by atoms with Gasteiger partial charge < -0.3 is 15.8 Å². The van der Waals surface area contributed by atoms with E-state index in [0.717, 1.165) is 0 Å². The first-order valence-corrected chi connectivity index (χ1v) is 3.88. The molecule has 0 spiro atoms. The Balaban J connectivity index is 2.78. The summed E-state index contributed by atoms with van der Waals surface area (Å²) in [7, 11) is 1.30. The van der Waals surface area contributed by atoms with E-state index in [9.17, 15) is 9.59 Å². The van der Waals surface area contributed by atoms with Crippen LogP contribution in [0.5, 0.6) is 0 Å². The third kappa shape index (κ3) is 2.48. The molecule has 0 heterocycles. The van der Waals surface area contributed by atoms with Gasteiger partial charge in [0.05, 0.1) is 12.7 Å². The molecular weight excluding hydrogens is 184 g/mol. The van der Waals surface area contributed by atoms with Crippen molar-refractivity contribution in [3.8, 4) is 0 Å². The molecule has 3 N–H and O–H groups in total. The van der Waals surface area contributed by atoms with E-state index in [1.807, 2.05) is 0 Å². The summed E-state index contributed by atoms with van der Waals surface area (Å²) in [5, 5.41) is 2.38. The van der Waals surface area contributed by atoms with E-state index in [1.165, 1.54) is 19.2 Å². The zero-order valence-corrected chi connectivity index (χ0v) is 7.61. The summed E-state index contributed by atoms with van der Waals surface area (Å²) in [4.78, 5) is 21.5. The Morgan fingerprint density at radius 3 is 2.29 bits per heavy atom. The maximum Gasteiger partial charge on any atom is 0.337 e. The second-order valence-electron chi connectivity index (χ2n) is 2.56. The van der Waals surface area contributed by atoms with Gasteiger partial charge in [-0.3, -0.25) is 0 Å². The normalized spacial score (nSPS) is 9.21. The molecule has 0 aliphatic carbocycles. The van der Waals surface area contributed by atoms with Crippen molar-refractivity contribution in [1.29, 1.82) is 0 Å². The van der Waals surface area contributed by atoms with E-state index in [-0.39, 0.29) is 0 Å². The van der Waals surface area contributed by atoms with Gasteiger partial charge in [-0.25, -0.2) is 9.59 Å². The number of nitrogens with two attached hydrogens (primary N) is 1. The summed E-state index contributed by atoms with van der Waals surface area (Å²) in [6.07, 6.45) is 0. The molecular formula is C9H10N2O3. The molecule has 1 aromatic rings. The van der Waals surface area contributed by atoms with Crippen LogP contribution in [-0.4, -0.2) is 19.1 Å². The van der Waals surface area contributed by atoms with Crippen LogP contribution in [0.2, 0.25) is 0 Å². The number of hydrogen-bond acceptors (Lipinski definition) is 3. The Hall–Kier alpha value is -2.04. The molecule has 2 amide bonds. The van der Waals surface area contributed by atoms with Crippen molar-refractivity contribution in [3.63, 3.8) is 0 Å². The highest BCUT2D eigenvalue weighted by molar-refractivity contribution is 5.91. The largest absolute Gasteiger partial charge is 0.465 e. The maximum absolute atomic E-state index is 11.0. The number of hydrogen-bond donors (Lipinski definition) is 2. The number of amides is 2. The van der Waals surface area contributed by atoms with Crippen LogP contribution in [0.25, 0.3) is 0 Å².